The molecule has 2 aromatic carbocycles. The van der Waals surface area contributed by atoms with Crippen LogP contribution in [0.1, 0.15) is 21.5 Å². The SMILES string of the molecule is COc1cccc(-c2sc3cnc(N=NCc4ccccc4C(=O)O)nc3c2C)c1. The van der Waals surface area contributed by atoms with Crippen LogP contribution in [0.2, 0.25) is 0 Å². The van der Waals surface area contributed by atoms with E-state index in [9.17, 15) is 9.90 Å². The fourth-order valence-electron chi connectivity index (χ4n) is 3.13. The normalized spacial score (nSPS) is 11.3. The number of carboxylic acids is 1. The average Bonchev–Trinajstić information content (AvgIpc) is 3.10. The maximum atomic E-state index is 11.3. The first-order valence-electron chi connectivity index (χ1n) is 9.16. The lowest BCUT2D eigenvalue weighted by Crippen LogP contribution is -2.00. The van der Waals surface area contributed by atoms with E-state index in [1.54, 1.807) is 48.9 Å². The number of fused-ring (bicyclic) bond motifs is 1. The van der Waals surface area contributed by atoms with Gasteiger partial charge < -0.3 is 9.84 Å². The van der Waals surface area contributed by atoms with Gasteiger partial charge in [-0.15, -0.1) is 16.5 Å². The highest BCUT2D eigenvalue weighted by molar-refractivity contribution is 7.22. The van der Waals surface area contributed by atoms with Crippen LogP contribution >= 0.6 is 11.3 Å². The number of hydrogen-bond donors (Lipinski definition) is 1. The number of ether oxygens (including phenoxy) is 1. The molecule has 0 aliphatic heterocycles. The lowest BCUT2D eigenvalue weighted by Gasteiger charge is -2.03. The van der Waals surface area contributed by atoms with Gasteiger partial charge >= 0.3 is 5.97 Å². The zero-order valence-corrected chi connectivity index (χ0v) is 17.2. The molecule has 0 aliphatic rings. The zero-order valence-electron chi connectivity index (χ0n) is 16.4. The third-order valence-electron chi connectivity index (χ3n) is 4.63. The number of nitrogens with zero attached hydrogens (tertiary/aromatic N) is 4. The van der Waals surface area contributed by atoms with Gasteiger partial charge in [0.05, 0.1) is 35.6 Å². The van der Waals surface area contributed by atoms with Crippen molar-refractivity contribution >= 4 is 33.5 Å². The summed E-state index contributed by atoms with van der Waals surface area (Å²) in [5.74, 6) is 0.0532. The van der Waals surface area contributed by atoms with Crippen molar-refractivity contribution in [2.45, 2.75) is 13.5 Å². The molecule has 0 bridgehead atoms. The monoisotopic (exact) mass is 418 g/mol. The standard InChI is InChI=1S/C22H18N4O3S/c1-13-19-18(30-20(13)14-7-5-8-16(10-14)29-2)12-23-22(25-19)26-24-11-15-6-3-4-9-17(15)21(27)28/h3-10,12H,11H2,1-2H3,(H,27,28). The predicted molar refractivity (Wildman–Crippen MR) is 116 cm³/mol. The van der Waals surface area contributed by atoms with Crippen LogP contribution in [0.4, 0.5) is 5.95 Å². The number of aromatic carboxylic acids is 1. The number of hydrogen-bond acceptors (Lipinski definition) is 7. The van der Waals surface area contributed by atoms with E-state index in [2.05, 4.69) is 20.2 Å². The summed E-state index contributed by atoms with van der Waals surface area (Å²) >= 11 is 1.61. The van der Waals surface area contributed by atoms with Gasteiger partial charge in [-0.3, -0.25) is 0 Å². The molecule has 0 radical (unpaired) electrons. The van der Waals surface area contributed by atoms with Crippen LogP contribution in [0.3, 0.4) is 0 Å². The maximum Gasteiger partial charge on any atom is 0.336 e. The van der Waals surface area contributed by atoms with Crippen molar-refractivity contribution in [2.24, 2.45) is 10.2 Å². The summed E-state index contributed by atoms with van der Waals surface area (Å²) in [6.45, 7) is 2.16. The molecule has 1 N–H and O–H groups in total. The number of methoxy groups -OCH3 is 1. The number of thiophene rings is 1. The van der Waals surface area contributed by atoms with Crippen LogP contribution < -0.4 is 4.74 Å². The third kappa shape index (κ3) is 3.90. The number of aromatic nitrogens is 2. The molecule has 0 atom stereocenters. The number of rotatable bonds is 6. The van der Waals surface area contributed by atoms with Gasteiger partial charge in [0.2, 0.25) is 0 Å². The number of carboxylic acid groups (broad SMARTS) is 1. The molecule has 150 valence electrons. The molecule has 0 unspecified atom stereocenters. The van der Waals surface area contributed by atoms with E-state index in [1.165, 1.54) is 0 Å². The molecule has 0 fully saturated rings. The topological polar surface area (TPSA) is 97.0 Å². The van der Waals surface area contributed by atoms with Crippen LogP contribution in [0.5, 0.6) is 5.75 Å². The third-order valence-corrected chi connectivity index (χ3v) is 5.90. The highest BCUT2D eigenvalue weighted by Crippen LogP contribution is 2.38. The van der Waals surface area contributed by atoms with E-state index >= 15 is 0 Å². The van der Waals surface area contributed by atoms with Crippen LogP contribution in [0, 0.1) is 6.92 Å². The van der Waals surface area contributed by atoms with Gasteiger partial charge in [-0.2, -0.15) is 5.11 Å². The highest BCUT2D eigenvalue weighted by atomic mass is 32.1. The molecule has 30 heavy (non-hydrogen) atoms. The molecule has 2 heterocycles. The fraction of sp³-hybridized carbons (Fsp3) is 0.136. The van der Waals surface area contributed by atoms with Gasteiger partial charge in [0.25, 0.3) is 5.95 Å². The van der Waals surface area contributed by atoms with Crippen molar-refractivity contribution in [3.05, 3.63) is 71.4 Å². The lowest BCUT2D eigenvalue weighted by atomic mass is 10.1. The lowest BCUT2D eigenvalue weighted by molar-refractivity contribution is 0.0695. The molecule has 7 nitrogen and oxygen atoms in total. The summed E-state index contributed by atoms with van der Waals surface area (Å²) in [6, 6.07) is 14.6. The molecular weight excluding hydrogens is 400 g/mol. The Bertz CT molecular complexity index is 1270. The summed E-state index contributed by atoms with van der Waals surface area (Å²) in [7, 11) is 1.65. The molecular formula is C22H18N4O3S. The predicted octanol–water partition coefficient (Wildman–Crippen LogP) is 5.66. The summed E-state index contributed by atoms with van der Waals surface area (Å²) in [6.07, 6.45) is 1.74. The Morgan fingerprint density at radius 1 is 1.20 bits per heavy atom. The van der Waals surface area contributed by atoms with Crippen LogP contribution in [0.15, 0.2) is 65.0 Å². The highest BCUT2D eigenvalue weighted by Gasteiger charge is 2.14. The van der Waals surface area contributed by atoms with E-state index in [0.29, 0.717) is 5.56 Å². The second-order valence-electron chi connectivity index (χ2n) is 6.53. The Morgan fingerprint density at radius 2 is 2.03 bits per heavy atom. The molecule has 0 saturated heterocycles. The van der Waals surface area contributed by atoms with Crippen molar-refractivity contribution in [1.82, 2.24) is 9.97 Å². The summed E-state index contributed by atoms with van der Waals surface area (Å²) in [5.41, 5.74) is 3.72. The fourth-order valence-corrected chi connectivity index (χ4v) is 4.24. The van der Waals surface area contributed by atoms with E-state index < -0.39 is 5.97 Å². The molecule has 0 aliphatic carbocycles. The van der Waals surface area contributed by atoms with Gasteiger partial charge in [0, 0.05) is 4.88 Å². The Morgan fingerprint density at radius 3 is 2.83 bits per heavy atom. The Kier molecular flexibility index (Phi) is 5.49. The first-order valence-corrected chi connectivity index (χ1v) is 9.97. The van der Waals surface area contributed by atoms with Crippen molar-refractivity contribution in [1.29, 1.82) is 0 Å². The van der Waals surface area contributed by atoms with Crippen LogP contribution in [-0.4, -0.2) is 28.2 Å². The average molecular weight is 418 g/mol. The molecule has 0 saturated carbocycles. The van der Waals surface area contributed by atoms with E-state index in [1.807, 2.05) is 31.2 Å². The van der Waals surface area contributed by atoms with Crippen molar-refractivity contribution in [3.8, 4) is 16.2 Å². The van der Waals surface area contributed by atoms with Gasteiger partial charge in [0.15, 0.2) is 0 Å². The summed E-state index contributed by atoms with van der Waals surface area (Å²) < 4.78 is 6.28. The molecule has 0 spiro atoms. The molecule has 8 heteroatoms. The van der Waals surface area contributed by atoms with Crippen LogP contribution in [-0.2, 0) is 6.54 Å². The minimum absolute atomic E-state index is 0.140. The largest absolute Gasteiger partial charge is 0.497 e. The molecule has 4 aromatic rings. The van der Waals surface area contributed by atoms with Gasteiger partial charge in [-0.05, 0) is 41.8 Å². The number of carbonyl (C=O) groups is 1. The quantitative estimate of drug-likeness (QED) is 0.408. The summed E-state index contributed by atoms with van der Waals surface area (Å²) in [4.78, 5) is 21.2. The van der Waals surface area contributed by atoms with Gasteiger partial charge in [0.1, 0.15) is 5.75 Å². The molecule has 2 aromatic heterocycles. The molecule has 0 amide bonds. The van der Waals surface area contributed by atoms with Crippen molar-refractivity contribution in [3.63, 3.8) is 0 Å². The van der Waals surface area contributed by atoms with E-state index in [4.69, 9.17) is 4.74 Å². The van der Waals surface area contributed by atoms with Gasteiger partial charge in [-0.25, -0.2) is 14.8 Å². The Hall–Kier alpha value is -3.65. The minimum atomic E-state index is -0.988. The smallest absolute Gasteiger partial charge is 0.336 e. The molecule has 4 rings (SSSR count). The first-order chi connectivity index (χ1) is 14.6. The van der Waals surface area contributed by atoms with E-state index in [-0.39, 0.29) is 18.1 Å². The Labute approximate surface area is 176 Å². The Balaban J connectivity index is 1.62. The van der Waals surface area contributed by atoms with Crippen molar-refractivity contribution < 1.29 is 14.6 Å². The first kappa shape index (κ1) is 19.7. The van der Waals surface area contributed by atoms with Crippen LogP contribution in [0.25, 0.3) is 20.7 Å². The maximum absolute atomic E-state index is 11.3. The van der Waals surface area contributed by atoms with E-state index in [0.717, 1.165) is 32.0 Å². The summed E-state index contributed by atoms with van der Waals surface area (Å²) in [5, 5.41) is 17.5. The number of azo groups is 1. The minimum Gasteiger partial charge on any atom is -0.497 e. The van der Waals surface area contributed by atoms with Gasteiger partial charge in [-0.1, -0.05) is 30.3 Å². The second kappa shape index (κ2) is 8.38. The number of aryl methyl sites for hydroxylation is 1. The second-order valence-corrected chi connectivity index (χ2v) is 7.59. The van der Waals surface area contributed by atoms with Crippen molar-refractivity contribution in [2.75, 3.05) is 7.11 Å². The number of benzene rings is 2. The zero-order chi connectivity index (χ0) is 21.1.